The first kappa shape index (κ1) is 19.1. The van der Waals surface area contributed by atoms with E-state index in [0.717, 1.165) is 18.4 Å². The van der Waals surface area contributed by atoms with E-state index in [4.69, 9.17) is 9.47 Å². The lowest BCUT2D eigenvalue weighted by Crippen LogP contribution is -2.33. The smallest absolute Gasteiger partial charge is 0.223 e. The molecule has 1 fully saturated rings. The van der Waals surface area contributed by atoms with E-state index in [-0.39, 0.29) is 18.9 Å². The Hall–Kier alpha value is -2.24. The topological polar surface area (TPSA) is 78.9 Å². The summed E-state index contributed by atoms with van der Waals surface area (Å²) < 4.78 is 11.2. The third kappa shape index (κ3) is 5.37. The second kappa shape index (κ2) is 9.30. The lowest BCUT2D eigenvalue weighted by Gasteiger charge is -2.18. The van der Waals surface area contributed by atoms with E-state index in [2.05, 4.69) is 6.92 Å². The van der Waals surface area contributed by atoms with Crippen molar-refractivity contribution in [2.75, 3.05) is 20.3 Å². The maximum atomic E-state index is 11.9. The molecule has 0 spiro atoms. The molecule has 1 atom stereocenters. The molecule has 1 heterocycles. The van der Waals surface area contributed by atoms with Gasteiger partial charge in [-0.1, -0.05) is 32.3 Å². The first-order valence-corrected chi connectivity index (χ1v) is 8.83. The maximum Gasteiger partial charge on any atom is 0.223 e. The molecule has 0 aromatic heterocycles. The third-order valence-corrected chi connectivity index (χ3v) is 4.40. The molecule has 1 aromatic carbocycles. The number of hydrogen-bond acceptors (Lipinski definition) is 5. The van der Waals surface area contributed by atoms with E-state index in [1.165, 1.54) is 12.8 Å². The zero-order valence-corrected chi connectivity index (χ0v) is 15.0. The highest BCUT2D eigenvalue weighted by atomic mass is 16.5. The van der Waals surface area contributed by atoms with Crippen LogP contribution < -0.4 is 14.6 Å². The van der Waals surface area contributed by atoms with Crippen molar-refractivity contribution in [2.45, 2.75) is 45.6 Å². The quantitative estimate of drug-likeness (QED) is 0.602. The molecule has 138 valence electrons. The highest BCUT2D eigenvalue weighted by Crippen LogP contribution is 2.30. The molecule has 1 aromatic rings. The predicted molar refractivity (Wildman–Crippen MR) is 91.2 cm³/mol. The van der Waals surface area contributed by atoms with Gasteiger partial charge in [0, 0.05) is 31.4 Å². The minimum atomic E-state index is -1.17. The van der Waals surface area contributed by atoms with Gasteiger partial charge in [0.05, 0.1) is 13.7 Å². The molecule has 25 heavy (non-hydrogen) atoms. The van der Waals surface area contributed by atoms with E-state index >= 15 is 0 Å². The van der Waals surface area contributed by atoms with Crippen LogP contribution in [0.4, 0.5) is 0 Å². The predicted octanol–water partition coefficient (Wildman–Crippen LogP) is 1.75. The first-order valence-electron chi connectivity index (χ1n) is 8.83. The SMILES string of the molecule is CCCCCCOc1ccc(CN2C[C@H](C(=O)[O-])CC2=O)cc1OC. The van der Waals surface area contributed by atoms with Crippen molar-refractivity contribution >= 4 is 11.9 Å². The van der Waals surface area contributed by atoms with Crippen LogP contribution in [0.5, 0.6) is 11.5 Å². The molecule has 1 amide bonds. The van der Waals surface area contributed by atoms with Crippen LogP contribution in [-0.4, -0.2) is 37.0 Å². The van der Waals surface area contributed by atoms with Crippen LogP contribution in [0.1, 0.15) is 44.6 Å². The van der Waals surface area contributed by atoms with Crippen LogP contribution in [0.15, 0.2) is 18.2 Å². The molecule has 6 nitrogen and oxygen atoms in total. The fourth-order valence-electron chi connectivity index (χ4n) is 2.94. The number of aliphatic carboxylic acids is 1. The van der Waals surface area contributed by atoms with Gasteiger partial charge in [0.25, 0.3) is 0 Å². The van der Waals surface area contributed by atoms with Gasteiger partial charge in [-0.3, -0.25) is 4.79 Å². The maximum absolute atomic E-state index is 11.9. The number of rotatable bonds is 10. The second-order valence-corrected chi connectivity index (χ2v) is 6.39. The molecule has 6 heteroatoms. The van der Waals surface area contributed by atoms with Crippen molar-refractivity contribution < 1.29 is 24.2 Å². The van der Waals surface area contributed by atoms with E-state index < -0.39 is 11.9 Å². The lowest BCUT2D eigenvalue weighted by atomic mass is 10.1. The Bertz CT molecular complexity index is 601. The summed E-state index contributed by atoms with van der Waals surface area (Å²) in [5.74, 6) is -0.746. The summed E-state index contributed by atoms with van der Waals surface area (Å²) in [5, 5.41) is 10.9. The largest absolute Gasteiger partial charge is 0.550 e. The number of carbonyl (C=O) groups is 2. The zero-order valence-electron chi connectivity index (χ0n) is 15.0. The molecular formula is C19H26NO5-. The summed E-state index contributed by atoms with van der Waals surface area (Å²) in [5.41, 5.74) is 0.877. The molecular weight excluding hydrogens is 322 g/mol. The Kier molecular flexibility index (Phi) is 7.10. The second-order valence-electron chi connectivity index (χ2n) is 6.39. The van der Waals surface area contributed by atoms with Gasteiger partial charge in [-0.25, -0.2) is 0 Å². The number of carboxylic acids is 1. The Labute approximate surface area is 148 Å². The third-order valence-electron chi connectivity index (χ3n) is 4.40. The molecule has 0 saturated carbocycles. The number of unbranched alkanes of at least 4 members (excludes halogenated alkanes) is 3. The van der Waals surface area contributed by atoms with Gasteiger partial charge in [0.2, 0.25) is 5.91 Å². The Balaban J connectivity index is 1.94. The highest BCUT2D eigenvalue weighted by Gasteiger charge is 2.30. The molecule has 0 N–H and O–H groups in total. The molecule has 0 aliphatic carbocycles. The summed E-state index contributed by atoms with van der Waals surface area (Å²) in [7, 11) is 1.58. The molecule has 1 aliphatic rings. The Morgan fingerprint density at radius 3 is 2.72 bits per heavy atom. The normalized spacial score (nSPS) is 17.0. The Morgan fingerprint density at radius 1 is 1.28 bits per heavy atom. The fraction of sp³-hybridized carbons (Fsp3) is 0.579. The highest BCUT2D eigenvalue weighted by molar-refractivity contribution is 5.85. The molecule has 1 saturated heterocycles. The number of carboxylic acid groups (broad SMARTS) is 1. The number of methoxy groups -OCH3 is 1. The average Bonchev–Trinajstić information content (AvgIpc) is 2.96. The van der Waals surface area contributed by atoms with E-state index in [1.807, 2.05) is 18.2 Å². The van der Waals surface area contributed by atoms with Gasteiger partial charge in [-0.15, -0.1) is 0 Å². The summed E-state index contributed by atoms with van der Waals surface area (Å²) in [6, 6.07) is 5.55. The van der Waals surface area contributed by atoms with E-state index in [9.17, 15) is 14.7 Å². The zero-order chi connectivity index (χ0) is 18.2. The van der Waals surface area contributed by atoms with Gasteiger partial charge in [-0.2, -0.15) is 0 Å². The number of benzene rings is 1. The number of hydrogen-bond donors (Lipinski definition) is 0. The molecule has 2 rings (SSSR count). The van der Waals surface area contributed by atoms with Gasteiger partial charge in [-0.05, 0) is 24.1 Å². The van der Waals surface area contributed by atoms with Gasteiger partial charge in [0.1, 0.15) is 0 Å². The van der Waals surface area contributed by atoms with Crippen LogP contribution >= 0.6 is 0 Å². The number of amides is 1. The van der Waals surface area contributed by atoms with Crippen molar-refractivity contribution in [3.8, 4) is 11.5 Å². The van der Waals surface area contributed by atoms with Crippen LogP contribution in [-0.2, 0) is 16.1 Å². The summed E-state index contributed by atoms with van der Waals surface area (Å²) >= 11 is 0. The number of nitrogens with zero attached hydrogens (tertiary/aromatic N) is 1. The number of likely N-dealkylation sites (tertiary alicyclic amines) is 1. The van der Waals surface area contributed by atoms with Crippen LogP contribution in [0.2, 0.25) is 0 Å². The fourth-order valence-corrected chi connectivity index (χ4v) is 2.94. The molecule has 0 bridgehead atoms. The number of carbonyl (C=O) groups excluding carboxylic acids is 2. The van der Waals surface area contributed by atoms with Crippen molar-refractivity contribution in [1.29, 1.82) is 0 Å². The lowest BCUT2D eigenvalue weighted by molar-refractivity contribution is -0.311. The van der Waals surface area contributed by atoms with Gasteiger partial charge < -0.3 is 24.3 Å². The molecule has 0 unspecified atom stereocenters. The monoisotopic (exact) mass is 348 g/mol. The van der Waals surface area contributed by atoms with E-state index in [0.29, 0.717) is 24.7 Å². The standard InChI is InChI=1S/C19H27NO5/c1-3-4-5-6-9-25-16-8-7-14(10-17(16)24-2)12-20-13-15(19(22)23)11-18(20)21/h7-8,10,15H,3-6,9,11-13H2,1-2H3,(H,22,23)/p-1/t15-/m1/s1. The van der Waals surface area contributed by atoms with Crippen LogP contribution in [0.25, 0.3) is 0 Å². The van der Waals surface area contributed by atoms with Crippen molar-refractivity contribution in [3.63, 3.8) is 0 Å². The molecule has 1 aliphatic heterocycles. The van der Waals surface area contributed by atoms with Crippen molar-refractivity contribution in [3.05, 3.63) is 23.8 Å². The summed E-state index contributed by atoms with van der Waals surface area (Å²) in [4.78, 5) is 24.4. The summed E-state index contributed by atoms with van der Waals surface area (Å²) in [6.07, 6.45) is 4.56. The van der Waals surface area contributed by atoms with Gasteiger partial charge >= 0.3 is 0 Å². The Morgan fingerprint density at radius 2 is 2.08 bits per heavy atom. The number of ether oxygens (including phenoxy) is 2. The van der Waals surface area contributed by atoms with E-state index in [1.54, 1.807) is 12.0 Å². The first-order chi connectivity index (χ1) is 12.0. The minimum absolute atomic E-state index is 0.0123. The minimum Gasteiger partial charge on any atom is -0.550 e. The van der Waals surface area contributed by atoms with Crippen molar-refractivity contribution in [2.24, 2.45) is 5.92 Å². The van der Waals surface area contributed by atoms with Crippen LogP contribution in [0, 0.1) is 5.92 Å². The van der Waals surface area contributed by atoms with Crippen LogP contribution in [0.3, 0.4) is 0 Å². The van der Waals surface area contributed by atoms with Gasteiger partial charge in [0.15, 0.2) is 11.5 Å². The summed E-state index contributed by atoms with van der Waals surface area (Å²) in [6.45, 7) is 3.37. The molecule has 0 radical (unpaired) electrons. The average molecular weight is 348 g/mol. The van der Waals surface area contributed by atoms with Crippen molar-refractivity contribution in [1.82, 2.24) is 4.90 Å².